The van der Waals surface area contributed by atoms with E-state index in [-0.39, 0.29) is 0 Å². The van der Waals surface area contributed by atoms with Gasteiger partial charge in [0.2, 0.25) is 0 Å². The van der Waals surface area contributed by atoms with E-state index in [4.69, 9.17) is 5.73 Å². The van der Waals surface area contributed by atoms with E-state index < -0.39 is 0 Å². The lowest BCUT2D eigenvalue weighted by Gasteiger charge is -1.99. The number of rotatable bonds is 2. The molecule has 0 bridgehead atoms. The van der Waals surface area contributed by atoms with Crippen LogP contribution >= 0.6 is 0 Å². The zero-order valence-corrected chi connectivity index (χ0v) is 6.29. The monoisotopic (exact) mass is 140 g/mol. The lowest BCUT2D eigenvalue weighted by molar-refractivity contribution is 0.421. The smallest absolute Gasteiger partial charge is 0.169 e. The van der Waals surface area contributed by atoms with E-state index in [1.165, 1.54) is 0 Å². The molecular formula is C7H12N2O. The molecule has 3 nitrogen and oxygen atoms in total. The molecule has 0 saturated carbocycles. The van der Waals surface area contributed by atoms with E-state index in [2.05, 4.69) is 23.5 Å². The van der Waals surface area contributed by atoms with Crippen LogP contribution in [0.3, 0.4) is 0 Å². The van der Waals surface area contributed by atoms with Crippen LogP contribution in [0, 0.1) is 5.92 Å². The third-order valence-corrected chi connectivity index (χ3v) is 1.30. The second-order valence-corrected chi connectivity index (χ2v) is 2.82. The summed E-state index contributed by atoms with van der Waals surface area (Å²) in [6, 6.07) is 0. The number of nitrogens with two attached hydrogens (primary N) is 1. The van der Waals surface area contributed by atoms with E-state index in [1.54, 1.807) is 6.26 Å². The fourth-order valence-corrected chi connectivity index (χ4v) is 0.858. The normalized spacial score (nSPS) is 10.7. The Morgan fingerprint density at radius 2 is 2.40 bits per heavy atom. The molecule has 1 rings (SSSR count). The van der Waals surface area contributed by atoms with Crippen molar-refractivity contribution in [2.75, 3.05) is 5.73 Å². The molecule has 3 heteroatoms. The summed E-state index contributed by atoms with van der Waals surface area (Å²) in [4.78, 5) is 0. The van der Waals surface area contributed by atoms with E-state index in [0.717, 1.165) is 12.0 Å². The van der Waals surface area contributed by atoms with Crippen molar-refractivity contribution >= 4 is 5.82 Å². The van der Waals surface area contributed by atoms with Crippen LogP contribution in [0.15, 0.2) is 10.8 Å². The Bertz CT molecular complexity index is 205. The molecule has 1 heterocycles. The van der Waals surface area contributed by atoms with Gasteiger partial charge in [-0.05, 0) is 12.3 Å². The van der Waals surface area contributed by atoms with Crippen molar-refractivity contribution in [2.45, 2.75) is 20.3 Å². The lowest BCUT2D eigenvalue weighted by Crippen LogP contribution is -1.96. The Morgan fingerprint density at radius 1 is 1.70 bits per heavy atom. The van der Waals surface area contributed by atoms with Gasteiger partial charge in [-0.2, -0.15) is 0 Å². The summed E-state index contributed by atoms with van der Waals surface area (Å²) < 4.78 is 4.67. The fraction of sp³-hybridized carbons (Fsp3) is 0.571. The van der Waals surface area contributed by atoms with Gasteiger partial charge < -0.3 is 10.3 Å². The van der Waals surface area contributed by atoms with Crippen molar-refractivity contribution in [2.24, 2.45) is 5.92 Å². The molecule has 0 aromatic carbocycles. The Hall–Kier alpha value is -0.990. The highest BCUT2D eigenvalue weighted by Gasteiger charge is 2.04. The molecule has 10 heavy (non-hydrogen) atoms. The van der Waals surface area contributed by atoms with Gasteiger partial charge in [0.05, 0.1) is 0 Å². The quantitative estimate of drug-likeness (QED) is 0.676. The summed E-state index contributed by atoms with van der Waals surface area (Å²) in [5.74, 6) is 1.12. The zero-order valence-electron chi connectivity index (χ0n) is 6.29. The third-order valence-electron chi connectivity index (χ3n) is 1.30. The lowest BCUT2D eigenvalue weighted by atomic mass is 10.1. The van der Waals surface area contributed by atoms with Gasteiger partial charge in [0.15, 0.2) is 5.82 Å². The van der Waals surface area contributed by atoms with Gasteiger partial charge in [-0.3, -0.25) is 0 Å². The predicted octanol–water partition coefficient (Wildman–Crippen LogP) is 1.46. The van der Waals surface area contributed by atoms with Crippen molar-refractivity contribution in [3.63, 3.8) is 0 Å². The van der Waals surface area contributed by atoms with E-state index in [9.17, 15) is 0 Å². The molecule has 0 aliphatic heterocycles. The summed E-state index contributed by atoms with van der Waals surface area (Å²) in [6.45, 7) is 4.26. The number of hydrogen-bond donors (Lipinski definition) is 1. The highest BCUT2D eigenvalue weighted by atomic mass is 16.5. The molecule has 56 valence electrons. The van der Waals surface area contributed by atoms with Gasteiger partial charge in [-0.15, -0.1) is 0 Å². The van der Waals surface area contributed by atoms with Gasteiger partial charge in [0, 0.05) is 5.56 Å². The van der Waals surface area contributed by atoms with Crippen LogP contribution in [0.4, 0.5) is 5.82 Å². The zero-order chi connectivity index (χ0) is 7.56. The fourth-order valence-electron chi connectivity index (χ4n) is 0.858. The van der Waals surface area contributed by atoms with E-state index in [1.807, 2.05) is 0 Å². The summed E-state index contributed by atoms with van der Waals surface area (Å²) in [5.41, 5.74) is 6.49. The Balaban J connectivity index is 2.65. The molecular weight excluding hydrogens is 128 g/mol. The Labute approximate surface area is 60.2 Å². The maximum Gasteiger partial charge on any atom is 0.169 e. The predicted molar refractivity (Wildman–Crippen MR) is 39.5 cm³/mol. The van der Waals surface area contributed by atoms with E-state index >= 15 is 0 Å². The maximum atomic E-state index is 5.48. The summed E-state index contributed by atoms with van der Waals surface area (Å²) >= 11 is 0. The maximum absolute atomic E-state index is 5.48. The highest BCUT2D eigenvalue weighted by Crippen LogP contribution is 2.13. The van der Waals surface area contributed by atoms with Crippen LogP contribution in [-0.2, 0) is 6.42 Å². The molecule has 0 aliphatic carbocycles. The molecule has 0 amide bonds. The van der Waals surface area contributed by atoms with Crippen molar-refractivity contribution in [3.05, 3.63) is 11.8 Å². The first-order valence-corrected chi connectivity index (χ1v) is 3.39. The van der Waals surface area contributed by atoms with Gasteiger partial charge >= 0.3 is 0 Å². The minimum atomic E-state index is 0.522. The molecule has 0 atom stereocenters. The van der Waals surface area contributed by atoms with Gasteiger partial charge in [0.25, 0.3) is 0 Å². The molecule has 0 aliphatic rings. The number of hydrogen-bond acceptors (Lipinski definition) is 3. The van der Waals surface area contributed by atoms with Crippen molar-refractivity contribution in [3.8, 4) is 0 Å². The molecule has 0 spiro atoms. The molecule has 1 aromatic rings. The van der Waals surface area contributed by atoms with Crippen molar-refractivity contribution < 1.29 is 4.52 Å². The Kier molecular flexibility index (Phi) is 1.94. The minimum Gasteiger partial charge on any atom is -0.381 e. The largest absolute Gasteiger partial charge is 0.381 e. The SMILES string of the molecule is CC(C)Cc1conc1N. The first-order chi connectivity index (χ1) is 4.70. The minimum absolute atomic E-state index is 0.522. The average molecular weight is 140 g/mol. The second-order valence-electron chi connectivity index (χ2n) is 2.82. The number of aromatic nitrogens is 1. The van der Waals surface area contributed by atoms with Crippen LogP contribution in [0.1, 0.15) is 19.4 Å². The standard InChI is InChI=1S/C7H12N2O/c1-5(2)3-6-4-10-9-7(6)8/h4-5H,3H2,1-2H3,(H2,8,9). The van der Waals surface area contributed by atoms with Gasteiger partial charge in [-0.1, -0.05) is 19.0 Å². The molecule has 0 unspecified atom stereocenters. The van der Waals surface area contributed by atoms with Crippen LogP contribution in [0.5, 0.6) is 0 Å². The van der Waals surface area contributed by atoms with Crippen molar-refractivity contribution in [1.82, 2.24) is 5.16 Å². The Morgan fingerprint density at radius 3 is 2.80 bits per heavy atom. The van der Waals surface area contributed by atoms with E-state index in [0.29, 0.717) is 11.7 Å². The number of anilines is 1. The number of nitrogen functional groups attached to an aromatic ring is 1. The molecule has 2 N–H and O–H groups in total. The van der Waals surface area contributed by atoms with Crippen LogP contribution in [-0.4, -0.2) is 5.16 Å². The summed E-state index contributed by atoms with van der Waals surface area (Å²) in [6.07, 6.45) is 2.55. The topological polar surface area (TPSA) is 52.0 Å². The highest BCUT2D eigenvalue weighted by molar-refractivity contribution is 5.35. The third kappa shape index (κ3) is 1.50. The first kappa shape index (κ1) is 7.12. The molecule has 0 radical (unpaired) electrons. The van der Waals surface area contributed by atoms with Crippen molar-refractivity contribution in [1.29, 1.82) is 0 Å². The van der Waals surface area contributed by atoms with Crippen LogP contribution < -0.4 is 5.73 Å². The summed E-state index contributed by atoms with van der Waals surface area (Å²) in [7, 11) is 0. The average Bonchev–Trinajstić information content (AvgIpc) is 2.15. The second kappa shape index (κ2) is 2.73. The summed E-state index contributed by atoms with van der Waals surface area (Å²) in [5, 5.41) is 3.57. The van der Waals surface area contributed by atoms with Gasteiger partial charge in [-0.25, -0.2) is 0 Å². The molecule has 0 fully saturated rings. The molecule has 1 aromatic heterocycles. The van der Waals surface area contributed by atoms with Crippen LogP contribution in [0.25, 0.3) is 0 Å². The molecule has 0 saturated heterocycles. The number of nitrogens with zero attached hydrogens (tertiary/aromatic N) is 1. The first-order valence-electron chi connectivity index (χ1n) is 3.39. The van der Waals surface area contributed by atoms with Crippen LogP contribution in [0.2, 0.25) is 0 Å². The van der Waals surface area contributed by atoms with Gasteiger partial charge in [0.1, 0.15) is 6.26 Å².